The van der Waals surface area contributed by atoms with E-state index in [0.717, 1.165) is 0 Å². The van der Waals surface area contributed by atoms with Gasteiger partial charge in [0, 0.05) is 5.92 Å². The van der Waals surface area contributed by atoms with Crippen LogP contribution in [-0.4, -0.2) is 0 Å². The van der Waals surface area contributed by atoms with Crippen LogP contribution in [0.3, 0.4) is 0 Å². The molecule has 0 nitrogen and oxygen atoms in total. The molecule has 0 radical (unpaired) electrons. The third-order valence-corrected chi connectivity index (χ3v) is 4.72. The van der Waals surface area contributed by atoms with Gasteiger partial charge >= 0.3 is 0 Å². The first-order valence-corrected chi connectivity index (χ1v) is 8.58. The lowest BCUT2D eigenvalue weighted by molar-refractivity contribution is 0.655. The van der Waals surface area contributed by atoms with Crippen molar-refractivity contribution in [3.8, 4) is 0 Å². The molecule has 0 N–H and O–H groups in total. The highest BCUT2D eigenvalue weighted by molar-refractivity contribution is 5.41. The summed E-state index contributed by atoms with van der Waals surface area (Å²) in [5, 5.41) is 0. The second-order valence-electron chi connectivity index (χ2n) is 6.39. The summed E-state index contributed by atoms with van der Waals surface area (Å²) < 4.78 is 0. The van der Waals surface area contributed by atoms with Crippen LogP contribution in [0.4, 0.5) is 0 Å². The third kappa shape index (κ3) is 4.69. The maximum Gasteiger partial charge on any atom is 0.0299 e. The van der Waals surface area contributed by atoms with Gasteiger partial charge in [0.1, 0.15) is 0 Å². The van der Waals surface area contributed by atoms with Crippen molar-refractivity contribution in [3.63, 3.8) is 0 Å². The van der Waals surface area contributed by atoms with Crippen molar-refractivity contribution in [2.45, 2.75) is 40.0 Å². The summed E-state index contributed by atoms with van der Waals surface area (Å²) in [5.41, 5.74) is 5.53. The lowest BCUT2D eigenvalue weighted by Gasteiger charge is -2.19. The topological polar surface area (TPSA) is 0 Å². The predicted molar refractivity (Wildman–Crippen MR) is 102 cm³/mol. The zero-order valence-electron chi connectivity index (χ0n) is 14.8. The molecule has 0 fully saturated rings. The second kappa shape index (κ2) is 8.53. The molecule has 1 unspecified atom stereocenters. The largest absolute Gasteiger partial charge is 0.0705 e. The summed E-state index contributed by atoms with van der Waals surface area (Å²) in [7, 11) is 0. The first-order valence-electron chi connectivity index (χ1n) is 8.58. The van der Waals surface area contributed by atoms with Gasteiger partial charge in [-0.25, -0.2) is 0 Å². The van der Waals surface area contributed by atoms with Crippen molar-refractivity contribution in [2.75, 3.05) is 0 Å². The van der Waals surface area contributed by atoms with E-state index in [0.29, 0.717) is 11.8 Å². The van der Waals surface area contributed by atoms with Gasteiger partial charge in [0.05, 0.1) is 0 Å². The van der Waals surface area contributed by atoms with Crippen LogP contribution in [0.2, 0.25) is 0 Å². The Hall–Kier alpha value is -2.08. The molecule has 0 aliphatic heterocycles. The summed E-state index contributed by atoms with van der Waals surface area (Å²) in [5.74, 6) is 0.962. The maximum atomic E-state index is 2.30. The monoisotopic (exact) mass is 304 g/mol. The Labute approximate surface area is 141 Å². The summed E-state index contributed by atoms with van der Waals surface area (Å²) >= 11 is 0. The Bertz CT molecular complexity index is 607. The fraction of sp³-hybridized carbons (Fsp3) is 0.304. The van der Waals surface area contributed by atoms with E-state index < -0.39 is 0 Å². The smallest absolute Gasteiger partial charge is 0.0299 e. The van der Waals surface area contributed by atoms with Crippen molar-refractivity contribution in [3.05, 3.63) is 95.1 Å². The third-order valence-electron chi connectivity index (χ3n) is 4.72. The highest BCUT2D eigenvalue weighted by atomic mass is 14.2. The molecule has 0 saturated carbocycles. The quantitative estimate of drug-likeness (QED) is 0.517. The number of benzene rings is 2. The predicted octanol–water partition coefficient (Wildman–Crippen LogP) is 6.76. The Morgan fingerprint density at radius 2 is 1.22 bits per heavy atom. The fourth-order valence-corrected chi connectivity index (χ4v) is 2.85. The summed E-state index contributed by atoms with van der Waals surface area (Å²) in [4.78, 5) is 0. The molecule has 2 rings (SSSR count). The number of allylic oxidation sites excluding steroid dienone is 4. The maximum absolute atomic E-state index is 2.30. The van der Waals surface area contributed by atoms with Crippen LogP contribution < -0.4 is 0 Å². The van der Waals surface area contributed by atoms with Gasteiger partial charge in [0.15, 0.2) is 0 Å². The Morgan fingerprint density at radius 1 is 0.783 bits per heavy atom. The van der Waals surface area contributed by atoms with Crippen molar-refractivity contribution in [1.29, 1.82) is 0 Å². The van der Waals surface area contributed by atoms with E-state index in [2.05, 4.69) is 101 Å². The SMILES string of the molecule is CCC(C)/C(C)=C\C=C(/C)C(c1ccccc1)c1ccccc1. The van der Waals surface area contributed by atoms with Gasteiger partial charge in [0.2, 0.25) is 0 Å². The molecule has 120 valence electrons. The van der Waals surface area contributed by atoms with Gasteiger partial charge in [-0.3, -0.25) is 0 Å². The van der Waals surface area contributed by atoms with Crippen LogP contribution in [0.1, 0.15) is 51.2 Å². The zero-order chi connectivity index (χ0) is 16.7. The highest BCUT2D eigenvalue weighted by Gasteiger charge is 2.15. The van der Waals surface area contributed by atoms with Gasteiger partial charge in [-0.05, 0) is 37.3 Å². The first-order chi connectivity index (χ1) is 11.1. The highest BCUT2D eigenvalue weighted by Crippen LogP contribution is 2.31. The lowest BCUT2D eigenvalue weighted by atomic mass is 9.85. The summed E-state index contributed by atoms with van der Waals surface area (Å²) in [6, 6.07) is 21.5. The van der Waals surface area contributed by atoms with Crippen LogP contribution in [0.15, 0.2) is 84.0 Å². The number of hydrogen-bond acceptors (Lipinski definition) is 0. The average molecular weight is 304 g/mol. The minimum atomic E-state index is 0.318. The average Bonchev–Trinajstić information content (AvgIpc) is 2.61. The van der Waals surface area contributed by atoms with Crippen LogP contribution in [0.25, 0.3) is 0 Å². The van der Waals surface area contributed by atoms with Gasteiger partial charge in [-0.2, -0.15) is 0 Å². The van der Waals surface area contributed by atoms with Gasteiger partial charge in [0.25, 0.3) is 0 Å². The van der Waals surface area contributed by atoms with E-state index in [1.807, 2.05) is 0 Å². The molecule has 23 heavy (non-hydrogen) atoms. The van der Waals surface area contributed by atoms with E-state index in [1.165, 1.54) is 28.7 Å². The Balaban J connectivity index is 2.38. The van der Waals surface area contributed by atoms with Gasteiger partial charge in [-0.15, -0.1) is 0 Å². The van der Waals surface area contributed by atoms with E-state index in [1.54, 1.807) is 0 Å². The minimum Gasteiger partial charge on any atom is -0.0705 e. The molecule has 0 heteroatoms. The fourth-order valence-electron chi connectivity index (χ4n) is 2.85. The molecule has 0 bridgehead atoms. The van der Waals surface area contributed by atoms with Crippen LogP contribution >= 0.6 is 0 Å². The van der Waals surface area contributed by atoms with E-state index in [4.69, 9.17) is 0 Å². The molecule has 0 aliphatic rings. The van der Waals surface area contributed by atoms with Gasteiger partial charge in [-0.1, -0.05) is 97.8 Å². The molecule has 0 spiro atoms. The molecule has 0 aromatic heterocycles. The molecule has 0 aliphatic carbocycles. The molecule has 0 amide bonds. The number of hydrogen-bond donors (Lipinski definition) is 0. The molecule has 0 saturated heterocycles. The Morgan fingerprint density at radius 3 is 1.65 bits per heavy atom. The lowest BCUT2D eigenvalue weighted by Crippen LogP contribution is -2.02. The molecule has 2 aromatic rings. The summed E-state index contributed by atoms with van der Waals surface area (Å²) in [6.45, 7) is 9.01. The number of rotatable bonds is 6. The molecule has 0 heterocycles. The molecular formula is C23H28. The van der Waals surface area contributed by atoms with Gasteiger partial charge < -0.3 is 0 Å². The van der Waals surface area contributed by atoms with Crippen molar-refractivity contribution in [1.82, 2.24) is 0 Å². The zero-order valence-corrected chi connectivity index (χ0v) is 14.8. The second-order valence-corrected chi connectivity index (χ2v) is 6.39. The van der Waals surface area contributed by atoms with Crippen molar-refractivity contribution >= 4 is 0 Å². The normalized spacial score (nSPS) is 14.1. The standard InChI is InChI=1S/C23H28/c1-5-18(2)19(3)16-17-20(4)23(21-12-8-6-9-13-21)22-14-10-7-11-15-22/h6-18,23H,5H2,1-4H3/b19-16-,20-17+. The van der Waals surface area contributed by atoms with Crippen LogP contribution in [-0.2, 0) is 0 Å². The van der Waals surface area contributed by atoms with Crippen molar-refractivity contribution in [2.24, 2.45) is 5.92 Å². The molecule has 1 atom stereocenters. The van der Waals surface area contributed by atoms with E-state index in [9.17, 15) is 0 Å². The summed E-state index contributed by atoms with van der Waals surface area (Å²) in [6.07, 6.45) is 5.78. The Kier molecular flexibility index (Phi) is 6.40. The molecule has 2 aromatic carbocycles. The van der Waals surface area contributed by atoms with E-state index in [-0.39, 0.29) is 0 Å². The first kappa shape index (κ1) is 17.3. The van der Waals surface area contributed by atoms with Crippen molar-refractivity contribution < 1.29 is 0 Å². The molecular weight excluding hydrogens is 276 g/mol. The minimum absolute atomic E-state index is 0.318. The van der Waals surface area contributed by atoms with Crippen LogP contribution in [0, 0.1) is 5.92 Å². The van der Waals surface area contributed by atoms with E-state index >= 15 is 0 Å². The van der Waals surface area contributed by atoms with Crippen LogP contribution in [0.5, 0.6) is 0 Å².